The lowest BCUT2D eigenvalue weighted by atomic mass is 10.0. The molecule has 0 spiro atoms. The van der Waals surface area contributed by atoms with Gasteiger partial charge in [0.25, 0.3) is 0 Å². The third kappa shape index (κ3) is 2.20. The second kappa shape index (κ2) is 4.24. The molecule has 1 rings (SSSR count). The highest BCUT2D eigenvalue weighted by Gasteiger charge is 2.26. The maximum atomic E-state index is 10.9. The van der Waals surface area contributed by atoms with E-state index in [1.807, 2.05) is 6.92 Å². The lowest BCUT2D eigenvalue weighted by Gasteiger charge is -2.36. The van der Waals surface area contributed by atoms with Crippen molar-refractivity contribution in [2.75, 3.05) is 6.54 Å². The summed E-state index contributed by atoms with van der Waals surface area (Å²) in [7, 11) is 0. The normalized spacial score (nSPS) is 28.4. The molecule has 0 bridgehead atoms. The Morgan fingerprint density at radius 2 is 2.25 bits per heavy atom. The Balaban J connectivity index is 2.53. The summed E-state index contributed by atoms with van der Waals surface area (Å²) in [5.74, 6) is 0. The largest absolute Gasteiger partial charge is 0.290 e. The van der Waals surface area contributed by atoms with E-state index in [0.29, 0.717) is 6.04 Å². The molecule has 2 atom stereocenters. The van der Waals surface area contributed by atoms with Crippen LogP contribution in [0.2, 0.25) is 0 Å². The topological polar surface area (TPSA) is 20.3 Å². The van der Waals surface area contributed by atoms with Crippen molar-refractivity contribution < 1.29 is 4.79 Å². The molecule has 1 heterocycles. The van der Waals surface area contributed by atoms with Gasteiger partial charge in [0.2, 0.25) is 5.24 Å². The van der Waals surface area contributed by atoms with Crippen molar-refractivity contribution in [3.05, 3.63) is 0 Å². The van der Waals surface area contributed by atoms with E-state index in [1.165, 1.54) is 19.3 Å². The van der Waals surface area contributed by atoms with E-state index < -0.39 is 0 Å². The molecule has 0 aromatic carbocycles. The van der Waals surface area contributed by atoms with Gasteiger partial charge in [-0.2, -0.15) is 0 Å². The number of hydrogen-bond donors (Lipinski definition) is 0. The number of carbonyl (C=O) groups is 1. The number of hydrogen-bond acceptors (Lipinski definition) is 2. The van der Waals surface area contributed by atoms with Gasteiger partial charge in [-0.15, -0.1) is 0 Å². The van der Waals surface area contributed by atoms with Gasteiger partial charge in [0.05, 0.1) is 6.04 Å². The highest BCUT2D eigenvalue weighted by molar-refractivity contribution is 6.64. The molecule has 2 nitrogen and oxygen atoms in total. The number of nitrogens with zero attached hydrogens (tertiary/aromatic N) is 1. The molecule has 0 aliphatic carbocycles. The van der Waals surface area contributed by atoms with Crippen molar-refractivity contribution in [2.24, 2.45) is 0 Å². The third-order valence-corrected chi connectivity index (χ3v) is 3.00. The van der Waals surface area contributed by atoms with Gasteiger partial charge in [0, 0.05) is 6.04 Å². The third-order valence-electron chi connectivity index (χ3n) is 2.68. The first kappa shape index (κ1) is 10.0. The van der Waals surface area contributed by atoms with E-state index in [2.05, 4.69) is 11.8 Å². The van der Waals surface area contributed by atoms with Gasteiger partial charge in [-0.3, -0.25) is 9.69 Å². The van der Waals surface area contributed by atoms with Crippen LogP contribution in [0.5, 0.6) is 0 Å². The number of rotatable bonds is 2. The predicted octanol–water partition coefficient (Wildman–Crippen LogP) is 2.01. The molecule has 2 unspecified atom stereocenters. The SMILES string of the molecule is CC1CCCCN1C(C)C(=O)Cl. The quantitative estimate of drug-likeness (QED) is 0.620. The minimum atomic E-state index is -0.233. The average Bonchev–Trinajstić information content (AvgIpc) is 2.04. The fraction of sp³-hybridized carbons (Fsp3) is 0.889. The van der Waals surface area contributed by atoms with Gasteiger partial charge in [-0.1, -0.05) is 6.42 Å². The molecule has 0 N–H and O–H groups in total. The number of halogens is 1. The molecule has 0 aromatic heterocycles. The van der Waals surface area contributed by atoms with Crippen LogP contribution in [0.1, 0.15) is 33.1 Å². The molecule has 12 heavy (non-hydrogen) atoms. The Labute approximate surface area is 78.9 Å². The van der Waals surface area contributed by atoms with E-state index in [9.17, 15) is 4.79 Å². The highest BCUT2D eigenvalue weighted by atomic mass is 35.5. The molecule has 1 aliphatic rings. The molecule has 0 saturated carbocycles. The molecule has 3 heteroatoms. The molecule has 70 valence electrons. The first-order chi connectivity index (χ1) is 5.63. The van der Waals surface area contributed by atoms with E-state index in [4.69, 9.17) is 11.6 Å². The summed E-state index contributed by atoms with van der Waals surface area (Å²) in [5.41, 5.74) is 0. The molecule has 0 aromatic rings. The van der Waals surface area contributed by atoms with Crippen LogP contribution >= 0.6 is 11.6 Å². The van der Waals surface area contributed by atoms with Gasteiger partial charge in [-0.05, 0) is 44.8 Å². The van der Waals surface area contributed by atoms with Crippen LogP contribution in [0.25, 0.3) is 0 Å². The summed E-state index contributed by atoms with van der Waals surface area (Å²) in [6.07, 6.45) is 3.66. The average molecular weight is 190 g/mol. The summed E-state index contributed by atoms with van der Waals surface area (Å²) in [6.45, 7) is 5.06. The Morgan fingerprint density at radius 3 is 2.75 bits per heavy atom. The second-order valence-electron chi connectivity index (χ2n) is 3.56. The van der Waals surface area contributed by atoms with Crippen LogP contribution in [0.3, 0.4) is 0 Å². The Kier molecular flexibility index (Phi) is 3.53. The van der Waals surface area contributed by atoms with E-state index in [-0.39, 0.29) is 11.3 Å². The Morgan fingerprint density at radius 1 is 1.58 bits per heavy atom. The zero-order chi connectivity index (χ0) is 9.14. The maximum absolute atomic E-state index is 10.9. The van der Waals surface area contributed by atoms with Gasteiger partial charge >= 0.3 is 0 Å². The van der Waals surface area contributed by atoms with Crippen LogP contribution in [0, 0.1) is 0 Å². The van der Waals surface area contributed by atoms with Crippen LogP contribution in [0.15, 0.2) is 0 Å². The molecular weight excluding hydrogens is 174 g/mol. The lowest BCUT2D eigenvalue weighted by Crippen LogP contribution is -2.45. The summed E-state index contributed by atoms with van der Waals surface area (Å²) in [5, 5.41) is -0.233. The van der Waals surface area contributed by atoms with Crippen LogP contribution in [-0.2, 0) is 4.79 Å². The molecular formula is C9H16ClNO. The fourth-order valence-corrected chi connectivity index (χ4v) is 1.95. The van der Waals surface area contributed by atoms with E-state index in [1.54, 1.807) is 0 Å². The lowest BCUT2D eigenvalue weighted by molar-refractivity contribution is -0.117. The second-order valence-corrected chi connectivity index (χ2v) is 3.94. The van der Waals surface area contributed by atoms with Crippen molar-refractivity contribution in [3.8, 4) is 0 Å². The fourth-order valence-electron chi connectivity index (χ4n) is 1.83. The zero-order valence-corrected chi connectivity index (χ0v) is 8.47. The van der Waals surface area contributed by atoms with Gasteiger partial charge in [0.15, 0.2) is 0 Å². The highest BCUT2D eigenvalue weighted by Crippen LogP contribution is 2.19. The van der Waals surface area contributed by atoms with Crippen molar-refractivity contribution in [3.63, 3.8) is 0 Å². The summed E-state index contributed by atoms with van der Waals surface area (Å²) in [6, 6.07) is 0.401. The maximum Gasteiger partial charge on any atom is 0.238 e. The summed E-state index contributed by atoms with van der Waals surface area (Å²) < 4.78 is 0. The molecule has 0 amide bonds. The van der Waals surface area contributed by atoms with Crippen LogP contribution in [-0.4, -0.2) is 28.8 Å². The number of likely N-dealkylation sites (tertiary alicyclic amines) is 1. The Bertz CT molecular complexity index is 172. The number of carbonyl (C=O) groups excluding carboxylic acids is 1. The van der Waals surface area contributed by atoms with Crippen molar-refractivity contribution >= 4 is 16.8 Å². The number of piperidine rings is 1. The molecule has 1 saturated heterocycles. The standard InChI is InChI=1S/C9H16ClNO/c1-7-5-3-4-6-11(7)8(2)9(10)12/h7-8H,3-6H2,1-2H3. The summed E-state index contributed by atoms with van der Waals surface area (Å²) in [4.78, 5) is 13.1. The summed E-state index contributed by atoms with van der Waals surface area (Å²) >= 11 is 5.45. The zero-order valence-electron chi connectivity index (χ0n) is 7.72. The van der Waals surface area contributed by atoms with Crippen LogP contribution in [0.4, 0.5) is 0 Å². The van der Waals surface area contributed by atoms with Gasteiger partial charge in [0.1, 0.15) is 0 Å². The van der Waals surface area contributed by atoms with Crippen molar-refractivity contribution in [1.82, 2.24) is 4.90 Å². The minimum absolute atomic E-state index is 0.109. The van der Waals surface area contributed by atoms with Crippen LogP contribution < -0.4 is 0 Å². The molecule has 1 aliphatic heterocycles. The van der Waals surface area contributed by atoms with Crippen molar-refractivity contribution in [1.29, 1.82) is 0 Å². The monoisotopic (exact) mass is 189 g/mol. The minimum Gasteiger partial charge on any atom is -0.290 e. The smallest absolute Gasteiger partial charge is 0.238 e. The van der Waals surface area contributed by atoms with E-state index >= 15 is 0 Å². The van der Waals surface area contributed by atoms with E-state index in [0.717, 1.165) is 6.54 Å². The van der Waals surface area contributed by atoms with Gasteiger partial charge < -0.3 is 0 Å². The first-order valence-electron chi connectivity index (χ1n) is 4.58. The molecule has 1 fully saturated rings. The molecule has 0 radical (unpaired) electrons. The first-order valence-corrected chi connectivity index (χ1v) is 4.96. The van der Waals surface area contributed by atoms with Crippen molar-refractivity contribution in [2.45, 2.75) is 45.2 Å². The predicted molar refractivity (Wildman–Crippen MR) is 50.3 cm³/mol. The Hall–Kier alpha value is -0.0800. The van der Waals surface area contributed by atoms with Gasteiger partial charge in [-0.25, -0.2) is 0 Å².